The van der Waals surface area contributed by atoms with E-state index in [4.69, 9.17) is 0 Å². The highest BCUT2D eigenvalue weighted by Crippen LogP contribution is 2.11. The molecule has 4 heteroatoms. The van der Waals surface area contributed by atoms with Crippen LogP contribution in [0.3, 0.4) is 0 Å². The molecule has 0 aliphatic rings. The Bertz CT molecular complexity index is 170. The Kier molecular flexibility index (Phi) is 6.02. The maximum absolute atomic E-state index is 11.1. The molecule has 0 amide bonds. The van der Waals surface area contributed by atoms with E-state index in [1.165, 1.54) is 18.7 Å². The highest BCUT2D eigenvalue weighted by atomic mass is 32.2. The lowest BCUT2D eigenvalue weighted by Crippen LogP contribution is -2.25. The van der Waals surface area contributed by atoms with Gasteiger partial charge in [-0.3, -0.25) is 9.59 Å². The molecule has 1 atom stereocenters. The first-order valence-electron chi connectivity index (χ1n) is 3.81. The Hall–Kier alpha value is -0.350. The Morgan fingerprint density at radius 3 is 2.42 bits per heavy atom. The molecule has 0 aliphatic heterocycles. The SMILES string of the molecule is CNCC(=O)CC(SC)C(C)=O. The largest absolute Gasteiger partial charge is 0.313 e. The van der Waals surface area contributed by atoms with E-state index in [2.05, 4.69) is 5.32 Å². The third-order valence-electron chi connectivity index (χ3n) is 1.52. The average Bonchev–Trinajstić information content (AvgIpc) is 2.00. The highest BCUT2D eigenvalue weighted by Gasteiger charge is 2.15. The zero-order valence-electron chi connectivity index (χ0n) is 7.72. The lowest BCUT2D eigenvalue weighted by Gasteiger charge is -2.08. The predicted molar refractivity (Wildman–Crippen MR) is 51.5 cm³/mol. The quantitative estimate of drug-likeness (QED) is 0.660. The molecule has 70 valence electrons. The number of hydrogen-bond donors (Lipinski definition) is 1. The van der Waals surface area contributed by atoms with Crippen molar-refractivity contribution in [3.8, 4) is 0 Å². The second-order valence-electron chi connectivity index (χ2n) is 2.61. The first-order valence-corrected chi connectivity index (χ1v) is 5.10. The third kappa shape index (κ3) is 4.51. The highest BCUT2D eigenvalue weighted by molar-refractivity contribution is 7.99. The Balaban J connectivity index is 3.85. The molecule has 0 aromatic heterocycles. The van der Waals surface area contributed by atoms with Gasteiger partial charge in [0.15, 0.2) is 0 Å². The molecule has 0 rings (SSSR count). The van der Waals surface area contributed by atoms with Gasteiger partial charge < -0.3 is 5.32 Å². The number of likely N-dealkylation sites (N-methyl/N-ethyl adjacent to an activating group) is 1. The lowest BCUT2D eigenvalue weighted by atomic mass is 10.1. The normalized spacial score (nSPS) is 12.6. The number of rotatable bonds is 6. The topological polar surface area (TPSA) is 46.2 Å². The van der Waals surface area contributed by atoms with Crippen molar-refractivity contribution in [2.45, 2.75) is 18.6 Å². The molecule has 0 radical (unpaired) electrons. The minimum atomic E-state index is -0.161. The van der Waals surface area contributed by atoms with Gasteiger partial charge in [-0.25, -0.2) is 0 Å². The molecule has 0 fully saturated rings. The molecule has 1 unspecified atom stereocenters. The standard InChI is InChI=1S/C8H15NO2S/c1-6(10)8(12-3)4-7(11)5-9-2/h8-9H,4-5H2,1-3H3. The van der Waals surface area contributed by atoms with Crippen molar-refractivity contribution in [1.82, 2.24) is 5.32 Å². The third-order valence-corrected chi connectivity index (χ3v) is 2.59. The van der Waals surface area contributed by atoms with Gasteiger partial charge in [0, 0.05) is 6.42 Å². The van der Waals surface area contributed by atoms with Crippen molar-refractivity contribution in [2.24, 2.45) is 0 Å². The van der Waals surface area contributed by atoms with Crippen LogP contribution in [0.2, 0.25) is 0 Å². The number of thioether (sulfide) groups is 1. The molecule has 0 heterocycles. The van der Waals surface area contributed by atoms with Crippen molar-refractivity contribution in [1.29, 1.82) is 0 Å². The van der Waals surface area contributed by atoms with Gasteiger partial charge in [-0.05, 0) is 20.2 Å². The maximum atomic E-state index is 11.1. The molecule has 3 nitrogen and oxygen atoms in total. The first-order chi connectivity index (χ1) is 5.61. The number of carbonyl (C=O) groups excluding carboxylic acids is 2. The molecular weight excluding hydrogens is 174 g/mol. The van der Waals surface area contributed by atoms with E-state index in [-0.39, 0.29) is 16.8 Å². The molecule has 0 saturated heterocycles. The van der Waals surface area contributed by atoms with Gasteiger partial charge in [0.1, 0.15) is 11.6 Å². The van der Waals surface area contributed by atoms with Crippen LogP contribution in [0.4, 0.5) is 0 Å². The van der Waals surface area contributed by atoms with Crippen LogP contribution in [0.25, 0.3) is 0 Å². The van der Waals surface area contributed by atoms with E-state index >= 15 is 0 Å². The van der Waals surface area contributed by atoms with Crippen molar-refractivity contribution in [3.05, 3.63) is 0 Å². The van der Waals surface area contributed by atoms with E-state index in [0.29, 0.717) is 13.0 Å². The van der Waals surface area contributed by atoms with Crippen LogP contribution < -0.4 is 5.32 Å². The molecular formula is C8H15NO2S. The van der Waals surface area contributed by atoms with Crippen LogP contribution >= 0.6 is 11.8 Å². The van der Waals surface area contributed by atoms with Gasteiger partial charge in [-0.15, -0.1) is 0 Å². The molecule has 1 N–H and O–H groups in total. The number of ketones is 2. The van der Waals surface area contributed by atoms with E-state index in [0.717, 1.165) is 0 Å². The van der Waals surface area contributed by atoms with Crippen molar-refractivity contribution in [2.75, 3.05) is 19.8 Å². The van der Waals surface area contributed by atoms with Crippen LogP contribution in [0, 0.1) is 0 Å². The summed E-state index contributed by atoms with van der Waals surface area (Å²) in [6, 6.07) is 0. The number of carbonyl (C=O) groups is 2. The van der Waals surface area contributed by atoms with E-state index in [1.807, 2.05) is 6.26 Å². The summed E-state index contributed by atoms with van der Waals surface area (Å²) in [4.78, 5) is 22.0. The summed E-state index contributed by atoms with van der Waals surface area (Å²) in [6.45, 7) is 1.87. The van der Waals surface area contributed by atoms with Gasteiger partial charge in [0.2, 0.25) is 0 Å². The summed E-state index contributed by atoms with van der Waals surface area (Å²) < 4.78 is 0. The van der Waals surface area contributed by atoms with Gasteiger partial charge >= 0.3 is 0 Å². The zero-order valence-corrected chi connectivity index (χ0v) is 8.53. The molecule has 0 bridgehead atoms. The van der Waals surface area contributed by atoms with Crippen LogP contribution in [-0.2, 0) is 9.59 Å². The molecule has 0 aromatic carbocycles. The Morgan fingerprint density at radius 2 is 2.08 bits per heavy atom. The van der Waals surface area contributed by atoms with Crippen molar-refractivity contribution < 1.29 is 9.59 Å². The number of Topliss-reactive ketones (excluding diaryl/α,β-unsaturated/α-hetero) is 2. The van der Waals surface area contributed by atoms with Gasteiger partial charge in [0.05, 0.1) is 11.8 Å². The Morgan fingerprint density at radius 1 is 1.50 bits per heavy atom. The van der Waals surface area contributed by atoms with Crippen LogP contribution in [0.5, 0.6) is 0 Å². The fourth-order valence-corrected chi connectivity index (χ4v) is 1.55. The van der Waals surface area contributed by atoms with E-state index in [1.54, 1.807) is 7.05 Å². The lowest BCUT2D eigenvalue weighted by molar-refractivity contribution is -0.122. The summed E-state index contributed by atoms with van der Waals surface area (Å²) in [5, 5.41) is 2.60. The summed E-state index contributed by atoms with van der Waals surface area (Å²) in [6.07, 6.45) is 2.19. The second-order valence-corrected chi connectivity index (χ2v) is 3.65. The van der Waals surface area contributed by atoms with E-state index in [9.17, 15) is 9.59 Å². The number of hydrogen-bond acceptors (Lipinski definition) is 4. The van der Waals surface area contributed by atoms with Crippen molar-refractivity contribution in [3.63, 3.8) is 0 Å². The Labute approximate surface area is 77.3 Å². The molecule has 0 spiro atoms. The summed E-state index contributed by atoms with van der Waals surface area (Å²) in [7, 11) is 1.72. The minimum Gasteiger partial charge on any atom is -0.313 e. The first kappa shape index (κ1) is 11.6. The second kappa shape index (κ2) is 6.20. The predicted octanol–water partition coefficient (Wildman–Crippen LogP) is 0.486. The van der Waals surface area contributed by atoms with Crippen LogP contribution in [-0.4, -0.2) is 36.7 Å². The monoisotopic (exact) mass is 189 g/mol. The van der Waals surface area contributed by atoms with Crippen LogP contribution in [0.1, 0.15) is 13.3 Å². The van der Waals surface area contributed by atoms with Gasteiger partial charge in [-0.2, -0.15) is 11.8 Å². The fraction of sp³-hybridized carbons (Fsp3) is 0.750. The summed E-state index contributed by atoms with van der Waals surface area (Å²) in [5.41, 5.74) is 0. The average molecular weight is 189 g/mol. The zero-order chi connectivity index (χ0) is 9.56. The summed E-state index contributed by atoms with van der Waals surface area (Å²) in [5.74, 6) is 0.166. The maximum Gasteiger partial charge on any atom is 0.148 e. The minimum absolute atomic E-state index is 0.0759. The fourth-order valence-electron chi connectivity index (χ4n) is 0.869. The number of nitrogens with one attached hydrogen (secondary N) is 1. The van der Waals surface area contributed by atoms with Gasteiger partial charge in [0.25, 0.3) is 0 Å². The van der Waals surface area contributed by atoms with E-state index < -0.39 is 0 Å². The molecule has 12 heavy (non-hydrogen) atoms. The molecule has 0 aliphatic carbocycles. The molecule has 0 saturated carbocycles. The van der Waals surface area contributed by atoms with Crippen LogP contribution in [0.15, 0.2) is 0 Å². The summed E-state index contributed by atoms with van der Waals surface area (Å²) >= 11 is 1.43. The van der Waals surface area contributed by atoms with Crippen molar-refractivity contribution >= 4 is 23.3 Å². The molecule has 0 aromatic rings. The van der Waals surface area contributed by atoms with Gasteiger partial charge in [-0.1, -0.05) is 0 Å². The smallest absolute Gasteiger partial charge is 0.148 e.